The number of hydrogen-bond donors (Lipinski definition) is 1. The molecule has 1 aromatic carbocycles. The average molecular weight is 286 g/mol. The first kappa shape index (κ1) is 14.8. The van der Waals surface area contributed by atoms with Gasteiger partial charge in [0, 0.05) is 7.05 Å². The molecule has 0 unspecified atom stereocenters. The lowest BCUT2D eigenvalue weighted by Crippen LogP contribution is -2.07. The van der Waals surface area contributed by atoms with Gasteiger partial charge in [-0.15, -0.1) is 4.98 Å². The highest BCUT2D eigenvalue weighted by molar-refractivity contribution is 5.48. The number of rotatable bonds is 7. The molecular weight excluding hydrogens is 268 g/mol. The SMILES string of the molecule is CCOc1nc(NC)nc(OC/C=C/c2ccccc2)n1. The summed E-state index contributed by atoms with van der Waals surface area (Å²) in [4.78, 5) is 12.2. The number of hydrogen-bond acceptors (Lipinski definition) is 6. The molecule has 0 saturated carbocycles. The molecule has 1 heterocycles. The van der Waals surface area contributed by atoms with E-state index in [9.17, 15) is 0 Å². The molecule has 0 atom stereocenters. The van der Waals surface area contributed by atoms with Crippen LogP contribution in [0.4, 0.5) is 5.95 Å². The molecule has 0 aliphatic rings. The molecule has 2 rings (SSSR count). The zero-order valence-corrected chi connectivity index (χ0v) is 12.1. The van der Waals surface area contributed by atoms with Gasteiger partial charge in [0.25, 0.3) is 0 Å². The minimum absolute atomic E-state index is 0.232. The van der Waals surface area contributed by atoms with Crippen molar-refractivity contribution in [1.82, 2.24) is 15.0 Å². The van der Waals surface area contributed by atoms with Gasteiger partial charge in [0.05, 0.1) is 6.61 Å². The van der Waals surface area contributed by atoms with E-state index in [1.165, 1.54) is 0 Å². The molecule has 0 fully saturated rings. The number of benzene rings is 1. The van der Waals surface area contributed by atoms with Crippen molar-refractivity contribution in [3.05, 3.63) is 42.0 Å². The highest BCUT2D eigenvalue weighted by Gasteiger charge is 2.06. The molecule has 0 spiro atoms. The molecule has 21 heavy (non-hydrogen) atoms. The lowest BCUT2D eigenvalue weighted by molar-refractivity contribution is 0.288. The summed E-state index contributed by atoms with van der Waals surface area (Å²) in [5.74, 6) is 0.412. The zero-order chi connectivity index (χ0) is 14.9. The van der Waals surface area contributed by atoms with Crippen molar-refractivity contribution in [2.24, 2.45) is 0 Å². The van der Waals surface area contributed by atoms with E-state index in [2.05, 4.69) is 20.3 Å². The Kier molecular flexibility index (Phi) is 5.51. The third-order valence-electron chi connectivity index (χ3n) is 2.51. The van der Waals surface area contributed by atoms with Gasteiger partial charge in [0.1, 0.15) is 6.61 Å². The van der Waals surface area contributed by atoms with Gasteiger partial charge >= 0.3 is 12.0 Å². The maximum absolute atomic E-state index is 5.49. The molecule has 0 radical (unpaired) electrons. The first-order valence-corrected chi connectivity index (χ1v) is 6.73. The highest BCUT2D eigenvalue weighted by Crippen LogP contribution is 2.12. The molecule has 0 bridgehead atoms. The number of nitrogens with one attached hydrogen (secondary N) is 1. The largest absolute Gasteiger partial charge is 0.464 e. The van der Waals surface area contributed by atoms with Crippen molar-refractivity contribution in [1.29, 1.82) is 0 Å². The summed E-state index contributed by atoms with van der Waals surface area (Å²) in [5.41, 5.74) is 1.11. The molecule has 110 valence electrons. The van der Waals surface area contributed by atoms with Gasteiger partial charge in [0.15, 0.2) is 0 Å². The van der Waals surface area contributed by atoms with Crippen LogP contribution in [0.15, 0.2) is 36.4 Å². The average Bonchev–Trinajstić information content (AvgIpc) is 2.53. The maximum atomic E-state index is 5.49. The lowest BCUT2D eigenvalue weighted by atomic mass is 10.2. The second-order valence-corrected chi connectivity index (χ2v) is 4.03. The van der Waals surface area contributed by atoms with Gasteiger partial charge in [0.2, 0.25) is 5.95 Å². The molecule has 6 nitrogen and oxygen atoms in total. The number of anilines is 1. The second kappa shape index (κ2) is 7.84. The Bertz CT molecular complexity index is 587. The monoisotopic (exact) mass is 286 g/mol. The van der Waals surface area contributed by atoms with Crippen molar-refractivity contribution in [2.45, 2.75) is 6.92 Å². The van der Waals surface area contributed by atoms with Gasteiger partial charge in [-0.2, -0.15) is 9.97 Å². The van der Waals surface area contributed by atoms with Gasteiger partial charge in [-0.3, -0.25) is 0 Å². The minimum atomic E-state index is 0.232. The molecule has 0 amide bonds. The molecule has 1 aromatic heterocycles. The van der Waals surface area contributed by atoms with Crippen LogP contribution in [0.1, 0.15) is 12.5 Å². The van der Waals surface area contributed by atoms with Crippen LogP contribution in [0.5, 0.6) is 12.0 Å². The van der Waals surface area contributed by atoms with Gasteiger partial charge < -0.3 is 14.8 Å². The topological polar surface area (TPSA) is 69.2 Å². The van der Waals surface area contributed by atoms with E-state index in [-0.39, 0.29) is 12.0 Å². The maximum Gasteiger partial charge on any atom is 0.324 e. The van der Waals surface area contributed by atoms with Crippen LogP contribution in [-0.4, -0.2) is 35.2 Å². The lowest BCUT2D eigenvalue weighted by Gasteiger charge is -2.06. The van der Waals surface area contributed by atoms with Crippen molar-refractivity contribution < 1.29 is 9.47 Å². The Balaban J connectivity index is 1.96. The zero-order valence-electron chi connectivity index (χ0n) is 12.1. The number of nitrogens with zero attached hydrogens (tertiary/aromatic N) is 3. The van der Waals surface area contributed by atoms with Gasteiger partial charge in [-0.25, -0.2) is 0 Å². The van der Waals surface area contributed by atoms with Crippen molar-refractivity contribution in [3.8, 4) is 12.0 Å². The van der Waals surface area contributed by atoms with E-state index in [1.54, 1.807) is 7.05 Å². The normalized spacial score (nSPS) is 10.6. The van der Waals surface area contributed by atoms with Crippen LogP contribution >= 0.6 is 0 Å². The first-order valence-electron chi connectivity index (χ1n) is 6.73. The van der Waals surface area contributed by atoms with Crippen molar-refractivity contribution in [2.75, 3.05) is 25.6 Å². The summed E-state index contributed by atoms with van der Waals surface area (Å²) < 4.78 is 10.8. The molecule has 1 N–H and O–H groups in total. The fourth-order valence-corrected chi connectivity index (χ4v) is 1.58. The first-order chi connectivity index (χ1) is 10.3. The van der Waals surface area contributed by atoms with Gasteiger partial charge in [-0.05, 0) is 18.6 Å². The summed E-state index contributed by atoms with van der Waals surface area (Å²) >= 11 is 0. The van der Waals surface area contributed by atoms with E-state index in [4.69, 9.17) is 9.47 Å². The Labute approximate surface area is 123 Å². The Hall–Kier alpha value is -2.63. The Morgan fingerprint density at radius 2 is 1.76 bits per heavy atom. The molecule has 6 heteroatoms. The highest BCUT2D eigenvalue weighted by atomic mass is 16.5. The van der Waals surface area contributed by atoms with Crippen molar-refractivity contribution in [3.63, 3.8) is 0 Å². The quantitative estimate of drug-likeness (QED) is 0.843. The summed E-state index contributed by atoms with van der Waals surface area (Å²) in [6, 6.07) is 10.5. The third kappa shape index (κ3) is 4.76. The fourth-order valence-electron chi connectivity index (χ4n) is 1.58. The van der Waals surface area contributed by atoms with E-state index < -0.39 is 0 Å². The standard InChI is InChI=1S/C15H18N4O2/c1-3-20-14-17-13(16-2)18-15(19-14)21-11-7-10-12-8-5-4-6-9-12/h4-10H,3,11H2,1-2H3,(H,16,17,18,19)/b10-7+. The fraction of sp³-hybridized carbons (Fsp3) is 0.267. The second-order valence-electron chi connectivity index (χ2n) is 4.03. The predicted octanol–water partition coefficient (Wildman–Crippen LogP) is 2.40. The molecule has 0 aliphatic carbocycles. The molecule has 0 aliphatic heterocycles. The van der Waals surface area contributed by atoms with E-state index in [0.29, 0.717) is 19.2 Å². The smallest absolute Gasteiger partial charge is 0.324 e. The van der Waals surface area contributed by atoms with Crippen LogP contribution in [0.3, 0.4) is 0 Å². The van der Waals surface area contributed by atoms with Crippen LogP contribution < -0.4 is 14.8 Å². The third-order valence-corrected chi connectivity index (χ3v) is 2.51. The van der Waals surface area contributed by atoms with Crippen LogP contribution in [-0.2, 0) is 0 Å². The van der Waals surface area contributed by atoms with Crippen LogP contribution in [0.2, 0.25) is 0 Å². The van der Waals surface area contributed by atoms with Crippen molar-refractivity contribution >= 4 is 12.0 Å². The molecular formula is C15H18N4O2. The number of aromatic nitrogens is 3. The summed E-state index contributed by atoms with van der Waals surface area (Å²) in [7, 11) is 1.73. The minimum Gasteiger partial charge on any atom is -0.464 e. The Morgan fingerprint density at radius 3 is 2.43 bits per heavy atom. The molecule has 2 aromatic rings. The summed E-state index contributed by atoms with van der Waals surface area (Å²) in [5, 5.41) is 2.84. The molecule has 0 saturated heterocycles. The van der Waals surface area contributed by atoms with Gasteiger partial charge in [-0.1, -0.05) is 36.4 Å². The van der Waals surface area contributed by atoms with Crippen LogP contribution in [0.25, 0.3) is 6.08 Å². The van der Waals surface area contributed by atoms with Crippen LogP contribution in [0, 0.1) is 0 Å². The Morgan fingerprint density at radius 1 is 1.05 bits per heavy atom. The summed E-state index contributed by atoms with van der Waals surface area (Å²) in [6.07, 6.45) is 3.88. The summed E-state index contributed by atoms with van der Waals surface area (Å²) in [6.45, 7) is 2.72. The van der Waals surface area contributed by atoms with E-state index in [1.807, 2.05) is 49.4 Å². The van der Waals surface area contributed by atoms with E-state index in [0.717, 1.165) is 5.56 Å². The number of ether oxygens (including phenoxy) is 2. The van der Waals surface area contributed by atoms with E-state index >= 15 is 0 Å². The predicted molar refractivity (Wildman–Crippen MR) is 81.5 cm³/mol.